The van der Waals surface area contributed by atoms with Crippen LogP contribution in [0.2, 0.25) is 0 Å². The van der Waals surface area contributed by atoms with Gasteiger partial charge in [0.05, 0.1) is 0 Å². The molecule has 0 radical (unpaired) electrons. The molecule has 2 fully saturated rings. The molecule has 0 spiro atoms. The summed E-state index contributed by atoms with van der Waals surface area (Å²) in [5.41, 5.74) is 0. The van der Waals surface area contributed by atoms with Crippen molar-refractivity contribution in [2.24, 2.45) is 11.8 Å². The number of likely N-dealkylation sites (tertiary alicyclic amines) is 1. The number of nitrogens with one attached hydrogen (secondary N) is 1. The summed E-state index contributed by atoms with van der Waals surface area (Å²) in [7, 11) is 0. The third-order valence-corrected chi connectivity index (χ3v) is 5.39. The molecule has 1 N–H and O–H groups in total. The van der Waals surface area contributed by atoms with Gasteiger partial charge in [-0.25, -0.2) is 0 Å². The van der Waals surface area contributed by atoms with Crippen molar-refractivity contribution in [3.05, 3.63) is 0 Å². The summed E-state index contributed by atoms with van der Waals surface area (Å²) in [4.78, 5) is 2.75. The predicted molar refractivity (Wildman–Crippen MR) is 88.1 cm³/mol. The van der Waals surface area contributed by atoms with Crippen molar-refractivity contribution in [2.45, 2.75) is 77.7 Å². The molecule has 0 amide bonds. The molecular formula is C18H36N2. The van der Waals surface area contributed by atoms with Crippen molar-refractivity contribution in [3.8, 4) is 0 Å². The highest BCUT2D eigenvalue weighted by Gasteiger charge is 2.31. The summed E-state index contributed by atoms with van der Waals surface area (Å²) < 4.78 is 0. The van der Waals surface area contributed by atoms with Crippen LogP contribution in [0, 0.1) is 11.8 Å². The van der Waals surface area contributed by atoms with E-state index in [1.165, 1.54) is 84.0 Å². The van der Waals surface area contributed by atoms with Crippen LogP contribution in [0.1, 0.15) is 71.6 Å². The average molecular weight is 280 g/mol. The molecule has 3 unspecified atom stereocenters. The number of hydrogen-bond acceptors (Lipinski definition) is 2. The lowest BCUT2D eigenvalue weighted by Crippen LogP contribution is -2.47. The average Bonchev–Trinajstić information content (AvgIpc) is 2.48. The maximum atomic E-state index is 3.85. The number of hydrogen-bond donors (Lipinski definition) is 1. The van der Waals surface area contributed by atoms with Crippen LogP contribution in [0.3, 0.4) is 0 Å². The maximum Gasteiger partial charge on any atom is 0.0108 e. The molecule has 1 heterocycles. The molecule has 20 heavy (non-hydrogen) atoms. The standard InChI is InChI=1S/C18H36N2/c1-3-8-16-9-10-18(19-11-4-2)17(14-16)15-20-12-6-5-7-13-20/h16-19H,3-15H2,1-2H3. The molecule has 2 rings (SSSR count). The second-order valence-corrected chi connectivity index (χ2v) is 7.15. The van der Waals surface area contributed by atoms with Crippen LogP contribution in [-0.4, -0.2) is 37.1 Å². The van der Waals surface area contributed by atoms with Crippen LogP contribution >= 0.6 is 0 Å². The van der Waals surface area contributed by atoms with Gasteiger partial charge >= 0.3 is 0 Å². The topological polar surface area (TPSA) is 15.3 Å². The molecule has 0 aromatic rings. The fourth-order valence-corrected chi connectivity index (χ4v) is 4.31. The Kier molecular flexibility index (Phi) is 7.37. The van der Waals surface area contributed by atoms with E-state index in [1.807, 2.05) is 0 Å². The summed E-state index contributed by atoms with van der Waals surface area (Å²) in [6.07, 6.45) is 12.8. The van der Waals surface area contributed by atoms with Crippen molar-refractivity contribution < 1.29 is 0 Å². The lowest BCUT2D eigenvalue weighted by atomic mass is 9.76. The van der Waals surface area contributed by atoms with E-state index in [0.717, 1.165) is 17.9 Å². The smallest absolute Gasteiger partial charge is 0.0108 e. The molecule has 2 aliphatic rings. The highest BCUT2D eigenvalue weighted by molar-refractivity contribution is 4.87. The first-order valence-electron chi connectivity index (χ1n) is 9.29. The molecule has 1 aliphatic heterocycles. The second kappa shape index (κ2) is 9.04. The summed E-state index contributed by atoms with van der Waals surface area (Å²) in [6.45, 7) is 9.92. The third kappa shape index (κ3) is 5.04. The van der Waals surface area contributed by atoms with E-state index in [-0.39, 0.29) is 0 Å². The second-order valence-electron chi connectivity index (χ2n) is 7.15. The van der Waals surface area contributed by atoms with E-state index in [1.54, 1.807) is 0 Å². The molecule has 3 atom stereocenters. The molecule has 1 saturated heterocycles. The van der Waals surface area contributed by atoms with Crippen LogP contribution in [0.5, 0.6) is 0 Å². The normalized spacial score (nSPS) is 32.4. The van der Waals surface area contributed by atoms with Crippen molar-refractivity contribution in [2.75, 3.05) is 26.2 Å². The Labute approximate surface area is 126 Å². The van der Waals surface area contributed by atoms with Crippen LogP contribution in [0.15, 0.2) is 0 Å². The van der Waals surface area contributed by atoms with Crippen molar-refractivity contribution >= 4 is 0 Å². The van der Waals surface area contributed by atoms with Gasteiger partial charge in [-0.1, -0.05) is 33.1 Å². The van der Waals surface area contributed by atoms with Gasteiger partial charge in [-0.05, 0) is 70.0 Å². The van der Waals surface area contributed by atoms with E-state index in [4.69, 9.17) is 0 Å². The number of rotatable bonds is 7. The zero-order chi connectivity index (χ0) is 14.2. The van der Waals surface area contributed by atoms with Gasteiger partial charge in [-0.3, -0.25) is 0 Å². The molecule has 2 heteroatoms. The first-order chi connectivity index (χ1) is 9.83. The molecule has 118 valence electrons. The Hall–Kier alpha value is -0.0800. The molecule has 0 aromatic carbocycles. The maximum absolute atomic E-state index is 3.85. The molecule has 0 aromatic heterocycles. The molecule has 1 saturated carbocycles. The Morgan fingerprint density at radius 2 is 1.80 bits per heavy atom. The van der Waals surface area contributed by atoms with E-state index in [2.05, 4.69) is 24.1 Å². The van der Waals surface area contributed by atoms with Gasteiger partial charge in [-0.2, -0.15) is 0 Å². The van der Waals surface area contributed by atoms with Gasteiger partial charge in [-0.15, -0.1) is 0 Å². The van der Waals surface area contributed by atoms with Gasteiger partial charge in [0.15, 0.2) is 0 Å². The van der Waals surface area contributed by atoms with Crippen LogP contribution < -0.4 is 5.32 Å². The highest BCUT2D eigenvalue weighted by Crippen LogP contribution is 2.33. The summed E-state index contributed by atoms with van der Waals surface area (Å²) in [5.74, 6) is 1.92. The largest absolute Gasteiger partial charge is 0.314 e. The van der Waals surface area contributed by atoms with Crippen molar-refractivity contribution in [1.29, 1.82) is 0 Å². The Morgan fingerprint density at radius 1 is 1.00 bits per heavy atom. The summed E-state index contributed by atoms with van der Waals surface area (Å²) >= 11 is 0. The Morgan fingerprint density at radius 3 is 2.50 bits per heavy atom. The SMILES string of the molecule is CCCNC1CCC(CCC)CC1CN1CCCCC1. The van der Waals surface area contributed by atoms with Gasteiger partial charge in [0, 0.05) is 12.6 Å². The summed E-state index contributed by atoms with van der Waals surface area (Å²) in [5, 5.41) is 3.85. The fourth-order valence-electron chi connectivity index (χ4n) is 4.31. The number of nitrogens with zero attached hydrogens (tertiary/aromatic N) is 1. The van der Waals surface area contributed by atoms with Crippen LogP contribution in [-0.2, 0) is 0 Å². The molecule has 0 bridgehead atoms. The minimum absolute atomic E-state index is 0.796. The van der Waals surface area contributed by atoms with E-state index in [0.29, 0.717) is 0 Å². The van der Waals surface area contributed by atoms with Crippen LogP contribution in [0.25, 0.3) is 0 Å². The van der Waals surface area contributed by atoms with Crippen LogP contribution in [0.4, 0.5) is 0 Å². The monoisotopic (exact) mass is 280 g/mol. The first-order valence-corrected chi connectivity index (χ1v) is 9.29. The van der Waals surface area contributed by atoms with Gasteiger partial charge in [0.2, 0.25) is 0 Å². The third-order valence-electron chi connectivity index (χ3n) is 5.39. The molecule has 2 nitrogen and oxygen atoms in total. The van der Waals surface area contributed by atoms with Crippen molar-refractivity contribution in [3.63, 3.8) is 0 Å². The van der Waals surface area contributed by atoms with Crippen molar-refractivity contribution in [1.82, 2.24) is 10.2 Å². The lowest BCUT2D eigenvalue weighted by Gasteiger charge is -2.40. The number of piperidine rings is 1. The fraction of sp³-hybridized carbons (Fsp3) is 1.00. The van der Waals surface area contributed by atoms with Gasteiger partial charge in [0.1, 0.15) is 0 Å². The predicted octanol–water partition coefficient (Wildman–Crippen LogP) is 4.06. The Bertz CT molecular complexity index is 248. The molecule has 1 aliphatic carbocycles. The van der Waals surface area contributed by atoms with E-state index >= 15 is 0 Å². The highest BCUT2D eigenvalue weighted by atomic mass is 15.1. The minimum Gasteiger partial charge on any atom is -0.314 e. The zero-order valence-corrected chi connectivity index (χ0v) is 13.9. The van der Waals surface area contributed by atoms with E-state index < -0.39 is 0 Å². The minimum atomic E-state index is 0.796. The quantitative estimate of drug-likeness (QED) is 0.756. The van der Waals surface area contributed by atoms with Gasteiger partial charge in [0.25, 0.3) is 0 Å². The Balaban J connectivity index is 1.86. The van der Waals surface area contributed by atoms with Gasteiger partial charge < -0.3 is 10.2 Å². The first kappa shape index (κ1) is 16.3. The lowest BCUT2D eigenvalue weighted by molar-refractivity contribution is 0.123. The summed E-state index contributed by atoms with van der Waals surface area (Å²) in [6, 6.07) is 0.796. The molecular weight excluding hydrogens is 244 g/mol. The zero-order valence-electron chi connectivity index (χ0n) is 13.9. The van der Waals surface area contributed by atoms with E-state index in [9.17, 15) is 0 Å².